The number of likely N-dealkylation sites (tertiary alicyclic amines) is 1. The number of halogens is 1. The number of alkyl halides is 1. The summed E-state index contributed by atoms with van der Waals surface area (Å²) >= 11 is 2.43. The summed E-state index contributed by atoms with van der Waals surface area (Å²) in [5, 5.41) is 0. The molecule has 0 aromatic rings. The number of hydrogen-bond donors (Lipinski definition) is 0. The number of rotatable bonds is 2. The van der Waals surface area contributed by atoms with Crippen molar-refractivity contribution in [2.45, 2.75) is 45.6 Å². The minimum absolute atomic E-state index is 0.318. The third-order valence-corrected chi connectivity index (χ3v) is 2.98. The van der Waals surface area contributed by atoms with E-state index < -0.39 is 0 Å². The Kier molecular flexibility index (Phi) is 8.42. The van der Waals surface area contributed by atoms with Crippen molar-refractivity contribution in [1.82, 2.24) is 4.90 Å². The molecule has 0 aromatic heterocycles. The van der Waals surface area contributed by atoms with Crippen LogP contribution in [0.15, 0.2) is 0 Å². The van der Waals surface area contributed by atoms with E-state index in [9.17, 15) is 4.79 Å². The van der Waals surface area contributed by atoms with E-state index in [0.717, 1.165) is 0 Å². The van der Waals surface area contributed by atoms with E-state index in [-0.39, 0.29) is 5.60 Å². The van der Waals surface area contributed by atoms with Gasteiger partial charge in [-0.2, -0.15) is 0 Å². The van der Waals surface area contributed by atoms with Crippen molar-refractivity contribution in [2.75, 3.05) is 17.6 Å². The maximum absolute atomic E-state index is 9.60. The second kappa shape index (κ2) is 8.33. The highest BCUT2D eigenvalue weighted by Crippen LogP contribution is 2.08. The quantitative estimate of drug-likeness (QED) is 0.338. The lowest BCUT2D eigenvalue weighted by Crippen LogP contribution is -2.27. The summed E-state index contributed by atoms with van der Waals surface area (Å²) in [4.78, 5) is 12.1. The minimum Gasteiger partial charge on any atom is -0.462 e. The first-order chi connectivity index (χ1) is 6.99. The van der Waals surface area contributed by atoms with Crippen LogP contribution in [0.3, 0.4) is 0 Å². The van der Waals surface area contributed by atoms with Crippen LogP contribution in [0.5, 0.6) is 0 Å². The molecule has 0 unspecified atom stereocenters. The highest BCUT2D eigenvalue weighted by molar-refractivity contribution is 14.1. The zero-order valence-corrected chi connectivity index (χ0v) is 12.1. The van der Waals surface area contributed by atoms with Gasteiger partial charge in [-0.25, -0.2) is 0 Å². The lowest BCUT2D eigenvalue weighted by atomic mass is 10.1. The summed E-state index contributed by atoms with van der Waals surface area (Å²) in [5.74, 6) is 0. The fourth-order valence-corrected chi connectivity index (χ4v) is 1.91. The van der Waals surface area contributed by atoms with Crippen molar-refractivity contribution in [3.63, 3.8) is 0 Å². The van der Waals surface area contributed by atoms with Gasteiger partial charge in [0, 0.05) is 0 Å². The van der Waals surface area contributed by atoms with Gasteiger partial charge in [-0.3, -0.25) is 9.69 Å². The van der Waals surface area contributed by atoms with Crippen molar-refractivity contribution >= 4 is 29.1 Å². The molecule has 0 amide bonds. The zero-order valence-electron chi connectivity index (χ0n) is 9.96. The molecule has 3 nitrogen and oxygen atoms in total. The summed E-state index contributed by atoms with van der Waals surface area (Å²) in [7, 11) is 0. The molecule has 0 atom stereocenters. The fourth-order valence-electron chi connectivity index (χ4n) is 1.22. The zero-order chi connectivity index (χ0) is 11.7. The Morgan fingerprint density at radius 1 is 1.27 bits per heavy atom. The predicted octanol–water partition coefficient (Wildman–Crippen LogP) is 2.82. The maximum Gasteiger partial charge on any atom is 0.293 e. The Morgan fingerprint density at radius 3 is 2.00 bits per heavy atom. The van der Waals surface area contributed by atoms with Gasteiger partial charge in [-0.15, -0.1) is 0 Å². The topological polar surface area (TPSA) is 29.5 Å². The molecule has 1 rings (SSSR count). The standard InChI is InChI=1S/C6H12IN.C5H10O2/c7-6-8-4-2-1-3-5-8;1-5(2,3)7-4-6/h1-6H2;4H,1-3H3. The summed E-state index contributed by atoms with van der Waals surface area (Å²) in [6.45, 7) is 8.59. The molecule has 1 saturated heterocycles. The average molecular weight is 327 g/mol. The van der Waals surface area contributed by atoms with Crippen LogP contribution in [0.1, 0.15) is 40.0 Å². The molecule has 0 bridgehead atoms. The Balaban J connectivity index is 0.000000265. The average Bonchev–Trinajstić information content (AvgIpc) is 2.18. The van der Waals surface area contributed by atoms with Crippen molar-refractivity contribution in [3.05, 3.63) is 0 Å². The molecule has 90 valence electrons. The van der Waals surface area contributed by atoms with Crippen LogP contribution >= 0.6 is 22.6 Å². The molecule has 1 aliphatic heterocycles. The van der Waals surface area contributed by atoms with Crippen molar-refractivity contribution in [3.8, 4) is 0 Å². The number of hydrogen-bond acceptors (Lipinski definition) is 3. The van der Waals surface area contributed by atoms with Crippen LogP contribution in [0.2, 0.25) is 0 Å². The third kappa shape index (κ3) is 10.4. The normalized spacial score (nSPS) is 17.6. The lowest BCUT2D eigenvalue weighted by Gasteiger charge is -2.23. The third-order valence-electron chi connectivity index (χ3n) is 2.02. The first-order valence-electron chi connectivity index (χ1n) is 5.39. The second-order valence-corrected chi connectivity index (χ2v) is 5.31. The number of carbonyl (C=O) groups is 1. The Morgan fingerprint density at radius 2 is 1.80 bits per heavy atom. The highest BCUT2D eigenvalue weighted by Gasteiger charge is 2.07. The van der Waals surface area contributed by atoms with Gasteiger partial charge in [0.05, 0.1) is 4.55 Å². The van der Waals surface area contributed by atoms with E-state index in [4.69, 9.17) is 0 Å². The van der Waals surface area contributed by atoms with Gasteiger partial charge in [-0.1, -0.05) is 29.0 Å². The largest absolute Gasteiger partial charge is 0.462 e. The molecular weight excluding hydrogens is 305 g/mol. The van der Waals surface area contributed by atoms with E-state index in [1.54, 1.807) is 0 Å². The van der Waals surface area contributed by atoms with Gasteiger partial charge in [-0.05, 0) is 46.7 Å². The molecule has 1 aliphatic rings. The molecule has 4 heteroatoms. The number of piperidine rings is 1. The van der Waals surface area contributed by atoms with Gasteiger partial charge >= 0.3 is 0 Å². The second-order valence-electron chi connectivity index (χ2n) is 4.62. The summed E-state index contributed by atoms with van der Waals surface area (Å²) in [6.07, 6.45) is 4.29. The van der Waals surface area contributed by atoms with E-state index >= 15 is 0 Å². The lowest BCUT2D eigenvalue weighted by molar-refractivity contribution is -0.138. The molecule has 0 aliphatic carbocycles. The Bertz CT molecular complexity index is 162. The van der Waals surface area contributed by atoms with E-state index in [2.05, 4.69) is 32.2 Å². The summed E-state index contributed by atoms with van der Waals surface area (Å²) in [5.41, 5.74) is -0.318. The number of nitrogens with zero attached hydrogens (tertiary/aromatic N) is 1. The van der Waals surface area contributed by atoms with E-state index in [0.29, 0.717) is 6.47 Å². The molecule has 1 fully saturated rings. The van der Waals surface area contributed by atoms with Crippen LogP contribution in [-0.4, -0.2) is 34.6 Å². The van der Waals surface area contributed by atoms with Crippen LogP contribution < -0.4 is 0 Å². The van der Waals surface area contributed by atoms with Gasteiger partial charge in [0.25, 0.3) is 6.47 Å². The maximum atomic E-state index is 9.60. The van der Waals surface area contributed by atoms with Crippen molar-refractivity contribution in [1.29, 1.82) is 0 Å². The van der Waals surface area contributed by atoms with Crippen LogP contribution in [-0.2, 0) is 9.53 Å². The molecule has 0 aromatic carbocycles. The Labute approximate surface area is 107 Å². The highest BCUT2D eigenvalue weighted by atomic mass is 127. The number of carbonyl (C=O) groups excluding carboxylic acids is 1. The predicted molar refractivity (Wildman–Crippen MR) is 71.2 cm³/mol. The van der Waals surface area contributed by atoms with Crippen LogP contribution in [0.4, 0.5) is 0 Å². The smallest absolute Gasteiger partial charge is 0.293 e. The molecular formula is C11H22INO2. The SMILES string of the molecule is CC(C)(C)OC=O.ICN1CCCCC1. The molecule has 1 heterocycles. The van der Waals surface area contributed by atoms with E-state index in [1.807, 2.05) is 20.8 Å². The van der Waals surface area contributed by atoms with Gasteiger partial charge in [0.2, 0.25) is 0 Å². The van der Waals surface area contributed by atoms with Crippen LogP contribution in [0, 0.1) is 0 Å². The van der Waals surface area contributed by atoms with E-state index in [1.165, 1.54) is 36.9 Å². The monoisotopic (exact) mass is 327 g/mol. The fraction of sp³-hybridized carbons (Fsp3) is 0.909. The molecule has 15 heavy (non-hydrogen) atoms. The minimum atomic E-state index is -0.318. The van der Waals surface area contributed by atoms with Crippen molar-refractivity contribution in [2.24, 2.45) is 0 Å². The molecule has 0 spiro atoms. The first-order valence-corrected chi connectivity index (χ1v) is 6.92. The first kappa shape index (κ1) is 15.2. The van der Waals surface area contributed by atoms with Gasteiger partial charge < -0.3 is 4.74 Å². The van der Waals surface area contributed by atoms with Gasteiger partial charge in [0.15, 0.2) is 0 Å². The molecule has 0 N–H and O–H groups in total. The summed E-state index contributed by atoms with van der Waals surface area (Å²) in [6, 6.07) is 0. The molecule has 0 radical (unpaired) electrons. The molecule has 0 saturated carbocycles. The number of ether oxygens (including phenoxy) is 1. The van der Waals surface area contributed by atoms with Gasteiger partial charge in [0.1, 0.15) is 5.60 Å². The summed E-state index contributed by atoms with van der Waals surface area (Å²) < 4.78 is 5.77. The Hall–Kier alpha value is 0.160. The van der Waals surface area contributed by atoms with Crippen molar-refractivity contribution < 1.29 is 9.53 Å². The van der Waals surface area contributed by atoms with Crippen LogP contribution in [0.25, 0.3) is 0 Å².